The number of nitrogens with zero attached hydrogens (tertiary/aromatic N) is 2. The van der Waals surface area contributed by atoms with Crippen LogP contribution in [0.3, 0.4) is 0 Å². The lowest BCUT2D eigenvalue weighted by atomic mass is 10.1. The highest BCUT2D eigenvalue weighted by atomic mass is 16.2. The molecule has 0 radical (unpaired) electrons. The maximum Gasteiger partial charge on any atom is 0.253 e. The quantitative estimate of drug-likeness (QED) is 0.558. The molecule has 8 heteroatoms. The van der Waals surface area contributed by atoms with E-state index < -0.39 is 11.9 Å². The number of carbonyl (C=O) groups is 2. The molecule has 0 aliphatic carbocycles. The summed E-state index contributed by atoms with van der Waals surface area (Å²) < 4.78 is 0. The maximum atomic E-state index is 12.1. The molecule has 1 atom stereocenters. The number of hydrogen-bond donors (Lipinski definition) is 4. The van der Waals surface area contributed by atoms with Gasteiger partial charge in [-0.3, -0.25) is 9.59 Å². The number of H-pyrrole nitrogens is 1. The predicted molar refractivity (Wildman–Crippen MR) is 102 cm³/mol. The lowest BCUT2D eigenvalue weighted by molar-refractivity contribution is -0.118. The van der Waals surface area contributed by atoms with E-state index in [9.17, 15) is 9.59 Å². The summed E-state index contributed by atoms with van der Waals surface area (Å²) in [6.07, 6.45) is 0.763. The number of para-hydroxylation sites is 1. The van der Waals surface area contributed by atoms with Gasteiger partial charge >= 0.3 is 0 Å². The SMILES string of the molecule is Cc1nc2cccc(-c3cc4c([nH]3)CCNC4=O)c2nc1N[C@H](C)C(N)=O. The van der Waals surface area contributed by atoms with E-state index in [0.717, 1.165) is 28.9 Å². The van der Waals surface area contributed by atoms with Crippen molar-refractivity contribution >= 4 is 28.7 Å². The minimum absolute atomic E-state index is 0.0708. The standard InChI is InChI=1S/C19H20N6O2/c1-9(17(20)26)23-18-10(2)22-14-5-3-4-11(16(14)25-18)15-8-12-13(24-15)6-7-21-19(12)27/h3-5,8-9,24H,6-7H2,1-2H3,(H2,20,26)(H,21,27)(H,23,25)/t9-/m1/s1. The number of aromatic nitrogens is 3. The molecule has 0 fully saturated rings. The van der Waals surface area contributed by atoms with Crippen molar-refractivity contribution in [3.63, 3.8) is 0 Å². The van der Waals surface area contributed by atoms with Gasteiger partial charge in [0.05, 0.1) is 16.8 Å². The van der Waals surface area contributed by atoms with Crippen LogP contribution in [0.15, 0.2) is 24.3 Å². The molecule has 0 unspecified atom stereocenters. The van der Waals surface area contributed by atoms with Crippen LogP contribution in [-0.4, -0.2) is 39.4 Å². The van der Waals surface area contributed by atoms with Crippen LogP contribution in [0.1, 0.15) is 28.7 Å². The van der Waals surface area contributed by atoms with Gasteiger partial charge in [-0.05, 0) is 26.0 Å². The first-order chi connectivity index (χ1) is 12.9. The van der Waals surface area contributed by atoms with Gasteiger partial charge in [-0.2, -0.15) is 0 Å². The lowest BCUT2D eigenvalue weighted by Gasteiger charge is -2.14. The first-order valence-corrected chi connectivity index (χ1v) is 8.77. The Morgan fingerprint density at radius 1 is 1.30 bits per heavy atom. The average Bonchev–Trinajstić information content (AvgIpc) is 3.07. The van der Waals surface area contributed by atoms with E-state index in [4.69, 9.17) is 10.7 Å². The van der Waals surface area contributed by atoms with Crippen LogP contribution in [0, 0.1) is 6.92 Å². The minimum atomic E-state index is -0.566. The Bertz CT molecular complexity index is 1070. The van der Waals surface area contributed by atoms with E-state index in [-0.39, 0.29) is 5.91 Å². The zero-order chi connectivity index (χ0) is 19.1. The Balaban J connectivity index is 1.84. The van der Waals surface area contributed by atoms with Crippen molar-refractivity contribution in [2.75, 3.05) is 11.9 Å². The van der Waals surface area contributed by atoms with Crippen molar-refractivity contribution in [3.05, 3.63) is 41.2 Å². The molecule has 138 valence electrons. The summed E-state index contributed by atoms with van der Waals surface area (Å²) in [5, 5.41) is 5.86. The topological polar surface area (TPSA) is 126 Å². The van der Waals surface area contributed by atoms with Crippen LogP contribution >= 0.6 is 0 Å². The number of anilines is 1. The molecule has 2 aromatic heterocycles. The number of carbonyl (C=O) groups excluding carboxylic acids is 2. The number of primary amides is 1. The van der Waals surface area contributed by atoms with Crippen LogP contribution in [-0.2, 0) is 11.2 Å². The molecule has 0 saturated carbocycles. The number of benzene rings is 1. The number of nitrogens with one attached hydrogen (secondary N) is 3. The molecular weight excluding hydrogens is 344 g/mol. The molecule has 8 nitrogen and oxygen atoms in total. The first kappa shape index (κ1) is 17.0. The first-order valence-electron chi connectivity index (χ1n) is 8.77. The third kappa shape index (κ3) is 2.99. The zero-order valence-corrected chi connectivity index (χ0v) is 15.1. The van der Waals surface area contributed by atoms with Gasteiger partial charge in [0, 0.05) is 29.9 Å². The van der Waals surface area contributed by atoms with E-state index in [1.807, 2.05) is 31.2 Å². The summed E-state index contributed by atoms with van der Waals surface area (Å²) in [4.78, 5) is 36.1. The van der Waals surface area contributed by atoms with Crippen molar-refractivity contribution in [1.29, 1.82) is 0 Å². The Labute approximate surface area is 155 Å². The highest BCUT2D eigenvalue weighted by molar-refractivity contribution is 5.99. The summed E-state index contributed by atoms with van der Waals surface area (Å²) in [5.41, 5.74) is 10.7. The normalized spacial score (nSPS) is 14.5. The van der Waals surface area contributed by atoms with E-state index >= 15 is 0 Å². The third-order valence-electron chi connectivity index (χ3n) is 4.74. The number of hydrogen-bond acceptors (Lipinski definition) is 5. The third-order valence-corrected chi connectivity index (χ3v) is 4.74. The molecule has 3 aromatic rings. The van der Waals surface area contributed by atoms with Crippen LogP contribution in [0.2, 0.25) is 0 Å². The van der Waals surface area contributed by atoms with Gasteiger partial charge in [0.15, 0.2) is 0 Å². The molecule has 0 saturated heterocycles. The molecule has 1 aliphatic rings. The average molecular weight is 364 g/mol. The number of aromatic amines is 1. The maximum absolute atomic E-state index is 12.1. The fourth-order valence-corrected chi connectivity index (χ4v) is 3.23. The van der Waals surface area contributed by atoms with Gasteiger partial charge in [0.25, 0.3) is 5.91 Å². The van der Waals surface area contributed by atoms with Crippen LogP contribution in [0.5, 0.6) is 0 Å². The minimum Gasteiger partial charge on any atom is -0.368 e. The molecule has 1 aromatic carbocycles. The molecule has 0 bridgehead atoms. The van der Waals surface area contributed by atoms with Gasteiger partial charge in [0.2, 0.25) is 5.91 Å². The Kier molecular flexibility index (Phi) is 4.02. The van der Waals surface area contributed by atoms with Gasteiger partial charge in [0.1, 0.15) is 17.4 Å². The van der Waals surface area contributed by atoms with E-state index in [1.54, 1.807) is 6.92 Å². The zero-order valence-electron chi connectivity index (χ0n) is 15.1. The number of aryl methyl sites for hydroxylation is 1. The number of nitrogens with two attached hydrogens (primary N) is 1. The number of amides is 2. The second-order valence-electron chi connectivity index (χ2n) is 6.68. The molecule has 4 rings (SSSR count). The molecular formula is C19H20N6O2. The summed E-state index contributed by atoms with van der Waals surface area (Å²) in [7, 11) is 0. The monoisotopic (exact) mass is 364 g/mol. The van der Waals surface area contributed by atoms with Gasteiger partial charge in [-0.25, -0.2) is 9.97 Å². The Morgan fingerprint density at radius 2 is 2.11 bits per heavy atom. The summed E-state index contributed by atoms with van der Waals surface area (Å²) in [6, 6.07) is 7.01. The fourth-order valence-electron chi connectivity index (χ4n) is 3.23. The van der Waals surface area contributed by atoms with Crippen LogP contribution < -0.4 is 16.4 Å². The molecule has 27 heavy (non-hydrogen) atoms. The summed E-state index contributed by atoms with van der Waals surface area (Å²) in [6.45, 7) is 4.13. The van der Waals surface area contributed by atoms with E-state index in [0.29, 0.717) is 29.1 Å². The van der Waals surface area contributed by atoms with E-state index in [2.05, 4.69) is 20.6 Å². The summed E-state index contributed by atoms with van der Waals surface area (Å²) in [5.74, 6) is -0.0264. The fraction of sp³-hybridized carbons (Fsp3) is 0.263. The Hall–Kier alpha value is -3.42. The van der Waals surface area contributed by atoms with Gasteiger partial charge in [-0.15, -0.1) is 0 Å². The molecule has 5 N–H and O–H groups in total. The summed E-state index contributed by atoms with van der Waals surface area (Å²) >= 11 is 0. The number of rotatable bonds is 4. The molecule has 3 heterocycles. The second-order valence-corrected chi connectivity index (χ2v) is 6.68. The van der Waals surface area contributed by atoms with Crippen molar-refractivity contribution in [3.8, 4) is 11.3 Å². The van der Waals surface area contributed by atoms with Gasteiger partial charge in [-0.1, -0.05) is 12.1 Å². The second kappa shape index (κ2) is 6.39. The Morgan fingerprint density at radius 3 is 2.85 bits per heavy atom. The predicted octanol–water partition coefficient (Wildman–Crippen LogP) is 1.50. The number of fused-ring (bicyclic) bond motifs is 2. The van der Waals surface area contributed by atoms with Crippen molar-refractivity contribution < 1.29 is 9.59 Å². The highest BCUT2D eigenvalue weighted by Crippen LogP contribution is 2.30. The van der Waals surface area contributed by atoms with E-state index in [1.165, 1.54) is 0 Å². The van der Waals surface area contributed by atoms with Crippen LogP contribution in [0.25, 0.3) is 22.3 Å². The van der Waals surface area contributed by atoms with Crippen molar-refractivity contribution in [2.24, 2.45) is 5.73 Å². The molecule has 0 spiro atoms. The molecule has 1 aliphatic heterocycles. The van der Waals surface area contributed by atoms with Crippen molar-refractivity contribution in [1.82, 2.24) is 20.3 Å². The highest BCUT2D eigenvalue weighted by Gasteiger charge is 2.21. The van der Waals surface area contributed by atoms with Gasteiger partial charge < -0.3 is 21.4 Å². The smallest absolute Gasteiger partial charge is 0.253 e. The lowest BCUT2D eigenvalue weighted by Crippen LogP contribution is -2.33. The molecule has 2 amide bonds. The largest absolute Gasteiger partial charge is 0.368 e. The van der Waals surface area contributed by atoms with Crippen LogP contribution in [0.4, 0.5) is 5.82 Å². The van der Waals surface area contributed by atoms with Crippen molar-refractivity contribution in [2.45, 2.75) is 26.3 Å².